The molecule has 0 saturated heterocycles. The first-order valence-electron chi connectivity index (χ1n) is 11.9. The summed E-state index contributed by atoms with van der Waals surface area (Å²) in [5.41, 5.74) is 5.20. The molecule has 0 aliphatic rings. The summed E-state index contributed by atoms with van der Waals surface area (Å²) in [6.07, 6.45) is 13.2. The highest BCUT2D eigenvalue weighted by Gasteiger charge is 2.24. The zero-order chi connectivity index (χ0) is 23.5. The van der Waals surface area contributed by atoms with Gasteiger partial charge in [0, 0.05) is 18.9 Å². The molecule has 0 bridgehead atoms. The Kier molecular flexibility index (Phi) is 17.4. The van der Waals surface area contributed by atoms with Gasteiger partial charge in [0.15, 0.2) is 0 Å². The molecule has 0 heterocycles. The fourth-order valence-electron chi connectivity index (χ4n) is 3.38. The van der Waals surface area contributed by atoms with Crippen LogP contribution >= 0.6 is 0 Å². The maximum Gasteiger partial charge on any atom is 0.303 e. The molecule has 0 fully saturated rings. The van der Waals surface area contributed by atoms with Gasteiger partial charge >= 0.3 is 5.97 Å². The molecule has 0 spiro atoms. The number of carbonyl (C=O) groups is 4. The van der Waals surface area contributed by atoms with E-state index in [1.807, 2.05) is 0 Å². The Bertz CT molecular complexity index is 539. The largest absolute Gasteiger partial charge is 0.481 e. The van der Waals surface area contributed by atoms with Crippen molar-refractivity contribution in [3.8, 4) is 0 Å². The molecule has 8 heteroatoms. The molecule has 0 saturated carbocycles. The van der Waals surface area contributed by atoms with Crippen LogP contribution in [-0.2, 0) is 19.2 Å². The van der Waals surface area contributed by atoms with E-state index in [0.717, 1.165) is 19.3 Å². The Morgan fingerprint density at radius 2 is 1.32 bits per heavy atom. The Morgan fingerprint density at radius 3 is 1.81 bits per heavy atom. The summed E-state index contributed by atoms with van der Waals surface area (Å²) in [4.78, 5) is 46.4. The second-order valence-corrected chi connectivity index (χ2v) is 8.42. The molecule has 3 amide bonds. The van der Waals surface area contributed by atoms with Gasteiger partial charge in [-0.05, 0) is 19.8 Å². The van der Waals surface area contributed by atoms with Crippen molar-refractivity contribution in [2.75, 3.05) is 0 Å². The number of carbonyl (C=O) groups excluding carboxylic acids is 3. The Balaban J connectivity index is 4.07. The fourth-order valence-corrected chi connectivity index (χ4v) is 3.38. The molecule has 0 aromatic heterocycles. The minimum atomic E-state index is -1.04. The van der Waals surface area contributed by atoms with E-state index in [-0.39, 0.29) is 31.2 Å². The Hall–Kier alpha value is -2.12. The summed E-state index contributed by atoms with van der Waals surface area (Å²) in [6, 6.07) is -1.42. The van der Waals surface area contributed by atoms with Gasteiger partial charge in [-0.2, -0.15) is 0 Å². The lowest BCUT2D eigenvalue weighted by Gasteiger charge is -2.20. The zero-order valence-corrected chi connectivity index (χ0v) is 19.4. The number of carboxylic acid groups (broad SMARTS) is 1. The highest BCUT2D eigenvalue weighted by atomic mass is 16.4. The second-order valence-electron chi connectivity index (χ2n) is 8.42. The second kappa shape index (κ2) is 18.6. The third-order valence-electron chi connectivity index (χ3n) is 5.24. The average Bonchev–Trinajstić information content (AvgIpc) is 2.69. The molecule has 0 aliphatic heterocycles. The first kappa shape index (κ1) is 28.9. The summed E-state index contributed by atoms with van der Waals surface area (Å²) in [5.74, 6) is -2.44. The lowest BCUT2D eigenvalue weighted by atomic mass is 10.0. The number of carboxylic acids is 1. The molecular weight excluding hydrogens is 398 g/mol. The average molecular weight is 442 g/mol. The van der Waals surface area contributed by atoms with Crippen LogP contribution in [0.3, 0.4) is 0 Å². The van der Waals surface area contributed by atoms with E-state index in [2.05, 4.69) is 17.6 Å². The number of nitrogens with one attached hydrogen (secondary N) is 2. The molecule has 0 aliphatic carbocycles. The molecule has 31 heavy (non-hydrogen) atoms. The number of rotatable bonds is 20. The SMILES string of the molecule is CCCCCCCCCCCCCC(=O)N[C@H](CC(N)=O)C(=O)N[C@@H](C)CCC(=O)O. The summed E-state index contributed by atoms with van der Waals surface area (Å²) in [7, 11) is 0. The van der Waals surface area contributed by atoms with Crippen molar-refractivity contribution >= 4 is 23.7 Å². The van der Waals surface area contributed by atoms with Crippen LogP contribution in [0.2, 0.25) is 0 Å². The molecule has 0 aromatic rings. The van der Waals surface area contributed by atoms with Crippen LogP contribution in [0.25, 0.3) is 0 Å². The van der Waals surface area contributed by atoms with Gasteiger partial charge in [-0.3, -0.25) is 19.2 Å². The molecule has 0 rings (SSSR count). The van der Waals surface area contributed by atoms with E-state index in [1.54, 1.807) is 6.92 Å². The third-order valence-corrected chi connectivity index (χ3v) is 5.24. The molecule has 2 atom stereocenters. The normalized spacial score (nSPS) is 12.7. The number of hydrogen-bond donors (Lipinski definition) is 4. The van der Waals surface area contributed by atoms with E-state index in [9.17, 15) is 19.2 Å². The molecule has 0 unspecified atom stereocenters. The minimum absolute atomic E-state index is 0.0762. The molecule has 5 N–H and O–H groups in total. The van der Waals surface area contributed by atoms with Gasteiger partial charge in [0.2, 0.25) is 17.7 Å². The topological polar surface area (TPSA) is 139 Å². The molecule has 0 aromatic carbocycles. The van der Waals surface area contributed by atoms with Crippen LogP contribution in [0.5, 0.6) is 0 Å². The van der Waals surface area contributed by atoms with E-state index >= 15 is 0 Å². The summed E-state index contributed by atoms with van der Waals surface area (Å²) < 4.78 is 0. The quantitative estimate of drug-likeness (QED) is 0.214. The van der Waals surface area contributed by atoms with Crippen molar-refractivity contribution in [2.45, 2.75) is 122 Å². The summed E-state index contributed by atoms with van der Waals surface area (Å²) >= 11 is 0. The monoisotopic (exact) mass is 441 g/mol. The van der Waals surface area contributed by atoms with Gasteiger partial charge in [0.25, 0.3) is 0 Å². The van der Waals surface area contributed by atoms with Gasteiger partial charge < -0.3 is 21.5 Å². The molecule has 180 valence electrons. The standard InChI is InChI=1S/C23H43N3O5/c1-3-4-5-6-7-8-9-10-11-12-13-14-21(28)26-19(17-20(24)27)23(31)25-18(2)15-16-22(29)30/h18-19H,3-17H2,1-2H3,(H2,24,27)(H,25,31)(H,26,28)(H,29,30)/t18-,19+/m0/s1. The van der Waals surface area contributed by atoms with Crippen molar-refractivity contribution in [1.29, 1.82) is 0 Å². The van der Waals surface area contributed by atoms with Crippen LogP contribution in [-0.4, -0.2) is 40.9 Å². The van der Waals surface area contributed by atoms with Gasteiger partial charge in [-0.15, -0.1) is 0 Å². The van der Waals surface area contributed by atoms with Crippen LogP contribution in [0, 0.1) is 0 Å². The number of hydrogen-bond acceptors (Lipinski definition) is 4. The highest BCUT2D eigenvalue weighted by molar-refractivity contribution is 5.91. The summed E-state index contributed by atoms with van der Waals surface area (Å²) in [6.45, 7) is 3.90. The fraction of sp³-hybridized carbons (Fsp3) is 0.826. The van der Waals surface area contributed by atoms with Crippen molar-refractivity contribution in [3.05, 3.63) is 0 Å². The first-order chi connectivity index (χ1) is 14.8. The van der Waals surface area contributed by atoms with Crippen molar-refractivity contribution in [1.82, 2.24) is 10.6 Å². The molecular formula is C23H43N3O5. The molecule has 8 nitrogen and oxygen atoms in total. The van der Waals surface area contributed by atoms with Crippen molar-refractivity contribution in [2.24, 2.45) is 5.73 Å². The van der Waals surface area contributed by atoms with Crippen LogP contribution in [0.1, 0.15) is 110 Å². The van der Waals surface area contributed by atoms with Gasteiger partial charge in [-0.25, -0.2) is 0 Å². The van der Waals surface area contributed by atoms with E-state index in [4.69, 9.17) is 10.8 Å². The van der Waals surface area contributed by atoms with Crippen LogP contribution < -0.4 is 16.4 Å². The van der Waals surface area contributed by atoms with E-state index in [0.29, 0.717) is 6.42 Å². The zero-order valence-electron chi connectivity index (χ0n) is 19.4. The van der Waals surface area contributed by atoms with Gasteiger partial charge in [0.1, 0.15) is 6.04 Å². The minimum Gasteiger partial charge on any atom is -0.481 e. The lowest BCUT2D eigenvalue weighted by molar-refractivity contribution is -0.137. The number of nitrogens with two attached hydrogens (primary N) is 1. The number of amides is 3. The Morgan fingerprint density at radius 1 is 0.806 bits per heavy atom. The van der Waals surface area contributed by atoms with Crippen LogP contribution in [0.15, 0.2) is 0 Å². The predicted octanol–water partition coefficient (Wildman–Crippen LogP) is 3.42. The van der Waals surface area contributed by atoms with Gasteiger partial charge in [0.05, 0.1) is 6.42 Å². The van der Waals surface area contributed by atoms with Gasteiger partial charge in [-0.1, -0.05) is 71.1 Å². The van der Waals surface area contributed by atoms with Crippen molar-refractivity contribution < 1.29 is 24.3 Å². The third kappa shape index (κ3) is 18.4. The predicted molar refractivity (Wildman–Crippen MR) is 121 cm³/mol. The maximum absolute atomic E-state index is 12.3. The highest BCUT2D eigenvalue weighted by Crippen LogP contribution is 2.12. The number of unbranched alkanes of at least 4 members (excludes halogenated alkanes) is 10. The summed E-state index contributed by atoms with van der Waals surface area (Å²) in [5, 5.41) is 13.9. The van der Waals surface area contributed by atoms with E-state index in [1.165, 1.54) is 51.4 Å². The smallest absolute Gasteiger partial charge is 0.303 e. The van der Waals surface area contributed by atoms with Crippen molar-refractivity contribution in [3.63, 3.8) is 0 Å². The Labute approximate surface area is 187 Å². The first-order valence-corrected chi connectivity index (χ1v) is 11.9. The lowest BCUT2D eigenvalue weighted by Crippen LogP contribution is -2.50. The van der Waals surface area contributed by atoms with Crippen LogP contribution in [0.4, 0.5) is 0 Å². The maximum atomic E-state index is 12.3. The number of aliphatic carboxylic acids is 1. The number of primary amides is 1. The van der Waals surface area contributed by atoms with E-state index < -0.39 is 23.8 Å². The molecule has 0 radical (unpaired) electrons.